The van der Waals surface area contributed by atoms with Crippen LogP contribution in [0.3, 0.4) is 0 Å². The van der Waals surface area contributed by atoms with Crippen LogP contribution in [-0.2, 0) is 4.74 Å². The van der Waals surface area contributed by atoms with E-state index in [0.717, 1.165) is 12.0 Å². The highest BCUT2D eigenvalue weighted by Crippen LogP contribution is 2.51. The van der Waals surface area contributed by atoms with Crippen LogP contribution in [-0.4, -0.2) is 33.4 Å². The molecule has 1 aromatic heterocycles. The highest BCUT2D eigenvalue weighted by Gasteiger charge is 2.51. The second kappa shape index (κ2) is 4.70. The minimum atomic E-state index is -0.0263. The molecule has 2 aromatic rings. The predicted octanol–water partition coefficient (Wildman–Crippen LogP) is 1.49. The Bertz CT molecular complexity index is 665. The molecule has 7 nitrogen and oxygen atoms in total. The maximum absolute atomic E-state index is 6.05. The first-order valence-electron chi connectivity index (χ1n) is 6.91. The van der Waals surface area contributed by atoms with Gasteiger partial charge in [-0.2, -0.15) is 0 Å². The average molecular weight is 288 g/mol. The van der Waals surface area contributed by atoms with Crippen molar-refractivity contribution in [3.05, 3.63) is 18.2 Å². The van der Waals surface area contributed by atoms with Crippen LogP contribution in [0.1, 0.15) is 26.3 Å². The summed E-state index contributed by atoms with van der Waals surface area (Å²) in [5.41, 5.74) is 13.8. The minimum Gasteiger partial charge on any atom is -0.399 e. The Kier molecular flexibility index (Phi) is 3.09. The van der Waals surface area contributed by atoms with E-state index in [2.05, 4.69) is 29.4 Å². The van der Waals surface area contributed by atoms with Gasteiger partial charge in [0, 0.05) is 29.5 Å². The number of aromatic nitrogens is 4. The molecular formula is C14H20N6O. The lowest BCUT2D eigenvalue weighted by Crippen LogP contribution is -2.51. The molecule has 1 aliphatic rings. The number of hydrogen-bond acceptors (Lipinski definition) is 6. The van der Waals surface area contributed by atoms with Crippen LogP contribution in [0.2, 0.25) is 0 Å². The average Bonchev–Trinajstić information content (AvgIpc) is 2.87. The second-order valence-electron chi connectivity index (χ2n) is 6.09. The smallest absolute Gasteiger partial charge is 0.184 e. The number of rotatable bonds is 3. The lowest BCUT2D eigenvalue weighted by molar-refractivity contribution is -0.116. The Labute approximate surface area is 123 Å². The van der Waals surface area contributed by atoms with Gasteiger partial charge in [-0.25, -0.2) is 4.68 Å². The van der Waals surface area contributed by atoms with Crippen molar-refractivity contribution in [2.75, 3.05) is 18.6 Å². The molecule has 1 heterocycles. The number of methoxy groups -OCH3 is 1. The topological polar surface area (TPSA) is 105 Å². The van der Waals surface area contributed by atoms with Gasteiger partial charge in [-0.3, -0.25) is 0 Å². The molecule has 1 aromatic carbocycles. The standard InChI is InChI=1S/C14H20N6O/c1-14(2)11(7-12(14)21-3)20-13(17-18-19-20)9-5-4-8(15)6-10(9)16/h4-6,11-12H,7,15-16H2,1-3H3. The molecule has 21 heavy (non-hydrogen) atoms. The summed E-state index contributed by atoms with van der Waals surface area (Å²) in [7, 11) is 1.74. The molecule has 0 saturated heterocycles. The molecule has 1 fully saturated rings. The zero-order valence-electron chi connectivity index (χ0n) is 12.4. The summed E-state index contributed by atoms with van der Waals surface area (Å²) >= 11 is 0. The van der Waals surface area contributed by atoms with Crippen molar-refractivity contribution >= 4 is 11.4 Å². The van der Waals surface area contributed by atoms with Crippen molar-refractivity contribution in [1.29, 1.82) is 0 Å². The summed E-state index contributed by atoms with van der Waals surface area (Å²) < 4.78 is 7.34. The van der Waals surface area contributed by atoms with Crippen LogP contribution < -0.4 is 11.5 Å². The Morgan fingerprint density at radius 3 is 2.71 bits per heavy atom. The molecule has 4 N–H and O–H groups in total. The van der Waals surface area contributed by atoms with Crippen LogP contribution in [0.25, 0.3) is 11.4 Å². The number of benzene rings is 1. The monoisotopic (exact) mass is 288 g/mol. The summed E-state index contributed by atoms with van der Waals surface area (Å²) in [5, 5.41) is 12.1. The predicted molar refractivity (Wildman–Crippen MR) is 80.3 cm³/mol. The summed E-state index contributed by atoms with van der Waals surface area (Å²) in [6, 6.07) is 5.56. The number of anilines is 2. The lowest BCUT2D eigenvalue weighted by Gasteiger charge is -2.50. The Morgan fingerprint density at radius 1 is 1.33 bits per heavy atom. The van der Waals surface area contributed by atoms with E-state index < -0.39 is 0 Å². The van der Waals surface area contributed by atoms with Crippen LogP contribution in [0.5, 0.6) is 0 Å². The fraction of sp³-hybridized carbons (Fsp3) is 0.500. The molecule has 2 atom stereocenters. The fourth-order valence-corrected chi connectivity index (χ4v) is 3.05. The van der Waals surface area contributed by atoms with Crippen LogP contribution in [0, 0.1) is 5.41 Å². The van der Waals surface area contributed by atoms with E-state index in [4.69, 9.17) is 16.2 Å². The largest absolute Gasteiger partial charge is 0.399 e. The quantitative estimate of drug-likeness (QED) is 0.829. The third kappa shape index (κ3) is 2.04. The van der Waals surface area contributed by atoms with E-state index in [-0.39, 0.29) is 17.6 Å². The zero-order chi connectivity index (χ0) is 15.2. The van der Waals surface area contributed by atoms with Gasteiger partial charge in [0.2, 0.25) is 0 Å². The van der Waals surface area contributed by atoms with Crippen LogP contribution in [0.4, 0.5) is 11.4 Å². The van der Waals surface area contributed by atoms with Gasteiger partial charge in [0.15, 0.2) is 5.82 Å². The van der Waals surface area contributed by atoms with E-state index in [1.165, 1.54) is 0 Å². The van der Waals surface area contributed by atoms with Crippen molar-refractivity contribution in [1.82, 2.24) is 20.2 Å². The number of nitrogen functional groups attached to an aromatic ring is 2. The molecule has 0 aliphatic heterocycles. The molecule has 3 rings (SSSR count). The molecule has 0 amide bonds. The zero-order valence-corrected chi connectivity index (χ0v) is 12.4. The first kappa shape index (κ1) is 13.8. The van der Waals surface area contributed by atoms with Crippen molar-refractivity contribution in [3.63, 3.8) is 0 Å². The normalized spacial score (nSPS) is 23.8. The minimum absolute atomic E-state index is 0.0263. The van der Waals surface area contributed by atoms with Crippen LogP contribution in [0.15, 0.2) is 18.2 Å². The van der Waals surface area contributed by atoms with Gasteiger partial charge in [0.25, 0.3) is 0 Å². The van der Waals surface area contributed by atoms with Crippen LogP contribution >= 0.6 is 0 Å². The van der Waals surface area contributed by atoms with Gasteiger partial charge >= 0.3 is 0 Å². The Morgan fingerprint density at radius 2 is 2.10 bits per heavy atom. The lowest BCUT2D eigenvalue weighted by atomic mass is 9.64. The number of ether oxygens (including phenoxy) is 1. The molecule has 0 bridgehead atoms. The third-order valence-electron chi connectivity index (χ3n) is 4.52. The summed E-state index contributed by atoms with van der Waals surface area (Å²) in [4.78, 5) is 0. The van der Waals surface area contributed by atoms with E-state index in [0.29, 0.717) is 17.2 Å². The molecule has 112 valence electrons. The van der Waals surface area contributed by atoms with Crippen molar-refractivity contribution in [3.8, 4) is 11.4 Å². The first-order valence-corrected chi connectivity index (χ1v) is 6.91. The maximum atomic E-state index is 6.05. The van der Waals surface area contributed by atoms with Crippen molar-refractivity contribution in [2.45, 2.75) is 32.4 Å². The number of hydrogen-bond donors (Lipinski definition) is 2. The molecule has 0 spiro atoms. The number of tetrazole rings is 1. The summed E-state index contributed by atoms with van der Waals surface area (Å²) in [5.74, 6) is 0.667. The van der Waals surface area contributed by atoms with Gasteiger partial charge in [0.05, 0.1) is 12.1 Å². The van der Waals surface area contributed by atoms with Gasteiger partial charge in [-0.05, 0) is 35.0 Å². The van der Waals surface area contributed by atoms with Crippen molar-refractivity contribution < 1.29 is 4.74 Å². The molecule has 0 radical (unpaired) electrons. The van der Waals surface area contributed by atoms with E-state index in [9.17, 15) is 0 Å². The second-order valence-corrected chi connectivity index (χ2v) is 6.09. The molecular weight excluding hydrogens is 268 g/mol. The highest BCUT2D eigenvalue weighted by atomic mass is 16.5. The molecule has 7 heteroatoms. The van der Waals surface area contributed by atoms with Gasteiger partial charge in [-0.1, -0.05) is 13.8 Å². The summed E-state index contributed by atoms with van der Waals surface area (Å²) in [6.45, 7) is 4.32. The highest BCUT2D eigenvalue weighted by molar-refractivity contribution is 5.74. The summed E-state index contributed by atoms with van der Waals surface area (Å²) in [6.07, 6.45) is 1.10. The fourth-order valence-electron chi connectivity index (χ4n) is 3.05. The number of nitrogens with zero attached hydrogens (tertiary/aromatic N) is 4. The van der Waals surface area contributed by atoms with Gasteiger partial charge in [0.1, 0.15) is 0 Å². The van der Waals surface area contributed by atoms with E-state index >= 15 is 0 Å². The molecule has 2 unspecified atom stereocenters. The third-order valence-corrected chi connectivity index (χ3v) is 4.52. The molecule has 1 aliphatic carbocycles. The van der Waals surface area contributed by atoms with Gasteiger partial charge in [-0.15, -0.1) is 5.10 Å². The first-order chi connectivity index (χ1) is 9.95. The van der Waals surface area contributed by atoms with E-state index in [1.807, 2.05) is 10.7 Å². The Balaban J connectivity index is 1.99. The Hall–Kier alpha value is -2.15. The SMILES string of the molecule is COC1CC(n2nnnc2-c2ccc(N)cc2N)C1(C)C. The number of nitrogens with two attached hydrogens (primary N) is 2. The molecule has 1 saturated carbocycles. The maximum Gasteiger partial charge on any atom is 0.184 e. The van der Waals surface area contributed by atoms with Crippen molar-refractivity contribution in [2.24, 2.45) is 5.41 Å². The van der Waals surface area contributed by atoms with Gasteiger partial charge < -0.3 is 16.2 Å². The van der Waals surface area contributed by atoms with E-state index in [1.54, 1.807) is 19.2 Å².